The van der Waals surface area contributed by atoms with Crippen molar-refractivity contribution in [2.24, 2.45) is 0 Å². The highest BCUT2D eigenvalue weighted by molar-refractivity contribution is 7.93. The van der Waals surface area contributed by atoms with Crippen molar-refractivity contribution in [3.63, 3.8) is 0 Å². The summed E-state index contributed by atoms with van der Waals surface area (Å²) in [5, 5.41) is 5.03. The van der Waals surface area contributed by atoms with Crippen LogP contribution < -0.4 is 10.0 Å². The predicted molar refractivity (Wildman–Crippen MR) is 122 cm³/mol. The summed E-state index contributed by atoms with van der Waals surface area (Å²) in [6.07, 6.45) is 0.694. The van der Waals surface area contributed by atoms with Gasteiger partial charge in [-0.1, -0.05) is 35.4 Å². The highest BCUT2D eigenvalue weighted by atomic mass is 32.2. The Hall–Kier alpha value is -2.71. The van der Waals surface area contributed by atoms with E-state index in [1.165, 1.54) is 11.3 Å². The zero-order valence-corrected chi connectivity index (χ0v) is 19.1. The van der Waals surface area contributed by atoms with Crippen molar-refractivity contribution in [3.8, 4) is 0 Å². The lowest BCUT2D eigenvalue weighted by Gasteiger charge is -2.12. The Morgan fingerprint density at radius 3 is 2.27 bits per heavy atom. The fourth-order valence-corrected chi connectivity index (χ4v) is 5.18. The summed E-state index contributed by atoms with van der Waals surface area (Å²) < 4.78 is 27.4. The molecule has 2 aromatic carbocycles. The van der Waals surface area contributed by atoms with Crippen LogP contribution in [0.1, 0.15) is 34.4 Å². The molecule has 1 heterocycles. The highest BCUT2D eigenvalue weighted by Gasteiger charge is 2.16. The van der Waals surface area contributed by atoms with Gasteiger partial charge in [0.1, 0.15) is 0 Å². The van der Waals surface area contributed by atoms with E-state index in [9.17, 15) is 13.2 Å². The van der Waals surface area contributed by atoms with E-state index in [2.05, 4.69) is 15.0 Å². The number of aromatic nitrogens is 1. The molecule has 0 fully saturated rings. The van der Waals surface area contributed by atoms with Crippen LogP contribution in [-0.4, -0.2) is 19.3 Å². The fraction of sp³-hybridized carbons (Fsp3) is 0.273. The smallest absolute Gasteiger partial charge is 0.263 e. The number of benzene rings is 2. The monoisotopic (exact) mass is 443 g/mol. The zero-order valence-electron chi connectivity index (χ0n) is 17.4. The summed E-state index contributed by atoms with van der Waals surface area (Å²) in [6, 6.07) is 10.7. The minimum Gasteiger partial charge on any atom is -0.326 e. The van der Waals surface area contributed by atoms with Crippen LogP contribution in [0.4, 0.5) is 10.8 Å². The Labute approximate surface area is 181 Å². The molecule has 30 heavy (non-hydrogen) atoms. The Balaban J connectivity index is 1.59. The van der Waals surface area contributed by atoms with Crippen molar-refractivity contribution >= 4 is 38.1 Å². The fourth-order valence-electron chi connectivity index (χ4n) is 3.18. The summed E-state index contributed by atoms with van der Waals surface area (Å²) in [5.74, 6) is -0.0974. The largest absolute Gasteiger partial charge is 0.326 e. The first kappa shape index (κ1) is 22.0. The van der Waals surface area contributed by atoms with Gasteiger partial charge in [-0.05, 0) is 57.4 Å². The lowest BCUT2D eigenvalue weighted by atomic mass is 10.0. The van der Waals surface area contributed by atoms with Gasteiger partial charge in [0.2, 0.25) is 5.91 Å². The van der Waals surface area contributed by atoms with Gasteiger partial charge in [0.15, 0.2) is 5.13 Å². The van der Waals surface area contributed by atoms with Crippen molar-refractivity contribution in [1.82, 2.24) is 4.98 Å². The third kappa shape index (κ3) is 5.46. The van der Waals surface area contributed by atoms with Gasteiger partial charge in [-0.15, -0.1) is 11.3 Å². The quantitative estimate of drug-likeness (QED) is 0.552. The number of hydrogen-bond donors (Lipinski definition) is 2. The Kier molecular flexibility index (Phi) is 6.58. The number of carbonyl (C=O) groups is 1. The van der Waals surface area contributed by atoms with Crippen molar-refractivity contribution < 1.29 is 13.2 Å². The molecule has 1 amide bonds. The average molecular weight is 444 g/mol. The lowest BCUT2D eigenvalue weighted by molar-refractivity contribution is -0.116. The molecule has 0 saturated heterocycles. The van der Waals surface area contributed by atoms with Crippen LogP contribution >= 0.6 is 11.3 Å². The molecule has 0 unspecified atom stereocenters. The Bertz CT molecular complexity index is 1140. The summed E-state index contributed by atoms with van der Waals surface area (Å²) >= 11 is 1.20. The van der Waals surface area contributed by atoms with Crippen molar-refractivity contribution in [2.75, 3.05) is 10.0 Å². The van der Waals surface area contributed by atoms with Crippen LogP contribution in [0.2, 0.25) is 0 Å². The van der Waals surface area contributed by atoms with E-state index in [0.717, 1.165) is 27.9 Å². The molecular weight excluding hydrogens is 418 g/mol. The average Bonchev–Trinajstić information content (AvgIpc) is 3.10. The van der Waals surface area contributed by atoms with Crippen molar-refractivity contribution in [3.05, 3.63) is 69.7 Å². The first-order chi connectivity index (χ1) is 14.1. The second-order valence-electron chi connectivity index (χ2n) is 7.38. The third-order valence-corrected chi connectivity index (χ3v) is 6.94. The van der Waals surface area contributed by atoms with Gasteiger partial charge in [0.05, 0.1) is 10.6 Å². The molecular formula is C22H25N3O3S2. The molecule has 0 aliphatic heterocycles. The molecule has 0 aliphatic carbocycles. The molecule has 158 valence electrons. The lowest BCUT2D eigenvalue weighted by Crippen LogP contribution is -2.15. The van der Waals surface area contributed by atoms with E-state index in [0.29, 0.717) is 12.1 Å². The number of thiazole rings is 1. The molecule has 0 bridgehead atoms. The second-order valence-corrected chi connectivity index (χ2v) is 9.92. The maximum absolute atomic E-state index is 12.5. The van der Waals surface area contributed by atoms with E-state index in [1.807, 2.05) is 39.8 Å². The number of sulfonamides is 1. The summed E-state index contributed by atoms with van der Waals surface area (Å²) in [5.41, 5.74) is 5.72. The molecule has 6 nitrogen and oxygen atoms in total. The minimum atomic E-state index is -3.68. The van der Waals surface area contributed by atoms with Crippen LogP contribution in [0.15, 0.2) is 46.7 Å². The van der Waals surface area contributed by atoms with Crippen LogP contribution in [0.3, 0.4) is 0 Å². The van der Waals surface area contributed by atoms with Gasteiger partial charge < -0.3 is 5.32 Å². The SMILES string of the molecule is Cc1ccc(S(=O)(=O)Nc2nc(CCC(=O)Nc3c(C)cc(C)cc3C)cs2)cc1. The van der Waals surface area contributed by atoms with E-state index in [4.69, 9.17) is 0 Å². The summed E-state index contributed by atoms with van der Waals surface area (Å²) in [4.78, 5) is 16.9. The molecule has 0 spiro atoms. The highest BCUT2D eigenvalue weighted by Crippen LogP contribution is 2.23. The Morgan fingerprint density at radius 1 is 1.00 bits per heavy atom. The predicted octanol–water partition coefficient (Wildman–Crippen LogP) is 4.75. The normalized spacial score (nSPS) is 11.3. The number of aryl methyl sites for hydroxylation is 5. The standard InChI is InChI=1S/C22H25N3O3S2/c1-14-5-8-19(9-6-14)30(27,28)25-22-23-18(13-29-22)7-10-20(26)24-21-16(3)11-15(2)12-17(21)4/h5-6,8-9,11-13H,7,10H2,1-4H3,(H,23,25)(H,24,26). The molecule has 0 atom stereocenters. The van der Waals surface area contributed by atoms with Crippen molar-refractivity contribution in [2.45, 2.75) is 45.4 Å². The van der Waals surface area contributed by atoms with Crippen LogP contribution in [0, 0.1) is 27.7 Å². The first-order valence-corrected chi connectivity index (χ1v) is 11.9. The number of nitrogens with one attached hydrogen (secondary N) is 2. The number of nitrogens with zero attached hydrogens (tertiary/aromatic N) is 1. The van der Waals surface area contributed by atoms with Crippen molar-refractivity contribution in [1.29, 1.82) is 0 Å². The topological polar surface area (TPSA) is 88.2 Å². The van der Waals surface area contributed by atoms with Crippen LogP contribution in [0.25, 0.3) is 0 Å². The molecule has 2 N–H and O–H groups in total. The number of amides is 1. The van der Waals surface area contributed by atoms with Crippen LogP contribution in [0.5, 0.6) is 0 Å². The number of carbonyl (C=O) groups excluding carboxylic acids is 1. The molecule has 3 rings (SSSR count). The number of hydrogen-bond acceptors (Lipinski definition) is 5. The maximum atomic E-state index is 12.5. The van der Waals surface area contributed by atoms with Gasteiger partial charge >= 0.3 is 0 Å². The molecule has 0 aliphatic rings. The molecule has 8 heteroatoms. The summed E-state index contributed by atoms with van der Waals surface area (Å²) in [6.45, 7) is 7.87. The zero-order chi connectivity index (χ0) is 21.9. The molecule has 3 aromatic rings. The summed E-state index contributed by atoms with van der Waals surface area (Å²) in [7, 11) is -3.68. The molecule has 1 aromatic heterocycles. The Morgan fingerprint density at radius 2 is 1.63 bits per heavy atom. The van der Waals surface area contributed by atoms with Gasteiger partial charge in [-0.3, -0.25) is 9.52 Å². The maximum Gasteiger partial charge on any atom is 0.263 e. The van der Waals surface area contributed by atoms with Gasteiger partial charge in [-0.2, -0.15) is 0 Å². The second kappa shape index (κ2) is 8.97. The van der Waals surface area contributed by atoms with E-state index >= 15 is 0 Å². The van der Waals surface area contributed by atoms with Crippen LogP contribution in [-0.2, 0) is 21.2 Å². The number of anilines is 2. The molecule has 0 radical (unpaired) electrons. The van der Waals surface area contributed by atoms with Gasteiger partial charge in [0.25, 0.3) is 10.0 Å². The minimum absolute atomic E-state index is 0.0974. The van der Waals surface area contributed by atoms with E-state index in [1.54, 1.807) is 29.6 Å². The van der Waals surface area contributed by atoms with Gasteiger partial charge in [-0.25, -0.2) is 13.4 Å². The van der Waals surface area contributed by atoms with E-state index in [-0.39, 0.29) is 22.4 Å². The number of rotatable bonds is 7. The first-order valence-electron chi connectivity index (χ1n) is 9.55. The third-order valence-electron chi connectivity index (χ3n) is 4.65. The van der Waals surface area contributed by atoms with E-state index < -0.39 is 10.0 Å². The molecule has 0 saturated carbocycles. The van der Waals surface area contributed by atoms with Gasteiger partial charge in [0, 0.05) is 17.5 Å².